The van der Waals surface area contributed by atoms with Crippen LogP contribution in [0.1, 0.15) is 52.9 Å². The van der Waals surface area contributed by atoms with Crippen molar-refractivity contribution in [3.63, 3.8) is 0 Å². The number of nitrogens with zero attached hydrogens (tertiary/aromatic N) is 2. The second-order valence-corrected chi connectivity index (χ2v) is 11.5. The number of nitrogens with one attached hydrogen (secondary N) is 1. The molecule has 0 spiro atoms. The maximum atomic E-state index is 13.8. The van der Waals surface area contributed by atoms with Crippen LogP contribution < -0.4 is 20.5 Å². The van der Waals surface area contributed by atoms with Crippen molar-refractivity contribution in [2.24, 2.45) is 11.7 Å². The number of primary amides is 1. The number of methoxy groups -OCH3 is 1. The molecular formula is C30H38N4O7. The van der Waals surface area contributed by atoms with Gasteiger partial charge >= 0.3 is 6.09 Å². The van der Waals surface area contributed by atoms with E-state index in [1.807, 2.05) is 24.3 Å². The number of allylic oxidation sites excluding steroid dienone is 2. The fourth-order valence-corrected chi connectivity index (χ4v) is 4.71. The van der Waals surface area contributed by atoms with Gasteiger partial charge in [-0.1, -0.05) is 6.08 Å². The van der Waals surface area contributed by atoms with Gasteiger partial charge in [0.15, 0.2) is 5.78 Å². The Labute approximate surface area is 239 Å². The van der Waals surface area contributed by atoms with Gasteiger partial charge in [-0.3, -0.25) is 14.4 Å². The van der Waals surface area contributed by atoms with Crippen molar-refractivity contribution in [1.29, 1.82) is 0 Å². The molecule has 1 aliphatic carbocycles. The van der Waals surface area contributed by atoms with Gasteiger partial charge in [-0.05, 0) is 81.7 Å². The Morgan fingerprint density at radius 2 is 1.95 bits per heavy atom. The lowest BCUT2D eigenvalue weighted by Crippen LogP contribution is -2.53. The van der Waals surface area contributed by atoms with Gasteiger partial charge in [0.1, 0.15) is 29.5 Å². The van der Waals surface area contributed by atoms with Gasteiger partial charge in [0.05, 0.1) is 13.7 Å². The second kappa shape index (κ2) is 12.6. The van der Waals surface area contributed by atoms with Gasteiger partial charge in [0, 0.05) is 24.4 Å². The van der Waals surface area contributed by atoms with Crippen molar-refractivity contribution >= 4 is 34.5 Å². The normalized spacial score (nSPS) is 19.7. The van der Waals surface area contributed by atoms with Crippen LogP contribution in [0.25, 0.3) is 10.8 Å². The fourth-order valence-electron chi connectivity index (χ4n) is 4.71. The lowest BCUT2D eigenvalue weighted by Gasteiger charge is -2.28. The molecule has 1 aromatic carbocycles. The van der Waals surface area contributed by atoms with Gasteiger partial charge < -0.3 is 30.2 Å². The fraction of sp³-hybridized carbons (Fsp3) is 0.500. The zero-order chi connectivity index (χ0) is 29.7. The van der Waals surface area contributed by atoms with Crippen LogP contribution in [-0.2, 0) is 19.1 Å². The molecule has 4 rings (SSSR count). The summed E-state index contributed by atoms with van der Waals surface area (Å²) in [5.41, 5.74) is 4.90. The number of carbonyl (C=O) groups excluding carboxylic acids is 4. The number of benzene rings is 1. The summed E-state index contributed by atoms with van der Waals surface area (Å²) in [7, 11) is 1.58. The van der Waals surface area contributed by atoms with Crippen LogP contribution in [0.15, 0.2) is 42.6 Å². The first kappa shape index (κ1) is 29.8. The predicted octanol–water partition coefficient (Wildman–Crippen LogP) is 3.29. The lowest BCUT2D eigenvalue weighted by molar-refractivity contribution is -0.139. The van der Waals surface area contributed by atoms with E-state index in [1.165, 1.54) is 11.0 Å². The molecule has 1 aromatic heterocycles. The van der Waals surface area contributed by atoms with Crippen LogP contribution in [0.4, 0.5) is 4.79 Å². The molecule has 2 aliphatic rings. The van der Waals surface area contributed by atoms with Crippen LogP contribution in [0.2, 0.25) is 0 Å². The number of aromatic nitrogens is 1. The number of rotatable bonds is 11. The van der Waals surface area contributed by atoms with Gasteiger partial charge in [0.25, 0.3) is 0 Å². The number of ether oxygens (including phenoxy) is 3. The largest absolute Gasteiger partial charge is 0.497 e. The number of likely N-dealkylation sites (tertiary alicyclic amines) is 1. The number of amides is 3. The van der Waals surface area contributed by atoms with Crippen molar-refractivity contribution in [3.8, 4) is 11.6 Å². The van der Waals surface area contributed by atoms with Crippen molar-refractivity contribution in [2.45, 2.75) is 76.7 Å². The Hall–Kier alpha value is -4.15. The number of hydrogen-bond acceptors (Lipinski definition) is 8. The summed E-state index contributed by atoms with van der Waals surface area (Å²) < 4.78 is 16.8. The number of alkyl carbamates (subject to hydrolysis) is 1. The molecule has 2 heterocycles. The third kappa shape index (κ3) is 8.18. The Kier molecular flexibility index (Phi) is 9.14. The maximum absolute atomic E-state index is 13.8. The van der Waals surface area contributed by atoms with E-state index in [-0.39, 0.29) is 31.6 Å². The molecule has 41 heavy (non-hydrogen) atoms. The first-order valence-corrected chi connectivity index (χ1v) is 13.8. The minimum Gasteiger partial charge on any atom is -0.497 e. The summed E-state index contributed by atoms with van der Waals surface area (Å²) in [6, 6.07) is 5.24. The molecule has 11 heteroatoms. The Bertz CT molecular complexity index is 1330. The summed E-state index contributed by atoms with van der Waals surface area (Å²) in [4.78, 5) is 56.9. The van der Waals surface area contributed by atoms with Crippen molar-refractivity contribution in [3.05, 3.63) is 42.6 Å². The molecule has 1 saturated heterocycles. The summed E-state index contributed by atoms with van der Waals surface area (Å²) in [6.45, 7) is 5.16. The zero-order valence-electron chi connectivity index (χ0n) is 23.9. The van der Waals surface area contributed by atoms with Crippen LogP contribution in [0.5, 0.6) is 11.6 Å². The van der Waals surface area contributed by atoms with E-state index in [4.69, 9.17) is 19.9 Å². The quantitative estimate of drug-likeness (QED) is 0.394. The summed E-state index contributed by atoms with van der Waals surface area (Å²) in [5.74, 6) is 0.0935. The predicted molar refractivity (Wildman–Crippen MR) is 151 cm³/mol. The van der Waals surface area contributed by atoms with E-state index in [2.05, 4.69) is 10.3 Å². The molecule has 220 valence electrons. The smallest absolute Gasteiger partial charge is 0.408 e. The summed E-state index contributed by atoms with van der Waals surface area (Å²) in [5, 5.41) is 4.20. The van der Waals surface area contributed by atoms with Crippen molar-refractivity contribution in [1.82, 2.24) is 15.2 Å². The van der Waals surface area contributed by atoms with Crippen molar-refractivity contribution in [2.75, 3.05) is 13.7 Å². The summed E-state index contributed by atoms with van der Waals surface area (Å²) in [6.07, 6.45) is 6.00. The Morgan fingerprint density at radius 1 is 1.20 bits per heavy atom. The SMILES string of the molecule is COc1ccc2c(O[C@@H]3C[C@@H](C(N)=O)N(C(=O)[C@H](CCC(=O)/C=C/C4CC4)NC(=O)OC(C)(C)C)C3)nccc2c1. The minimum absolute atomic E-state index is 0.0339. The van der Waals surface area contributed by atoms with Crippen LogP contribution in [0.3, 0.4) is 0 Å². The highest BCUT2D eigenvalue weighted by atomic mass is 16.6. The topological polar surface area (TPSA) is 150 Å². The van der Waals surface area contributed by atoms with Crippen molar-refractivity contribution < 1.29 is 33.4 Å². The van der Waals surface area contributed by atoms with E-state index < -0.39 is 41.7 Å². The average molecular weight is 567 g/mol. The third-order valence-electron chi connectivity index (χ3n) is 6.93. The van der Waals surface area contributed by atoms with Crippen LogP contribution in [0, 0.1) is 5.92 Å². The minimum atomic E-state index is -1.10. The highest BCUT2D eigenvalue weighted by Crippen LogP contribution is 2.31. The Balaban J connectivity index is 1.50. The first-order valence-electron chi connectivity index (χ1n) is 13.8. The van der Waals surface area contributed by atoms with Gasteiger partial charge in [-0.15, -0.1) is 0 Å². The molecule has 1 aliphatic heterocycles. The number of pyridine rings is 1. The zero-order valence-corrected chi connectivity index (χ0v) is 23.9. The second-order valence-electron chi connectivity index (χ2n) is 11.5. The molecule has 0 unspecified atom stereocenters. The summed E-state index contributed by atoms with van der Waals surface area (Å²) >= 11 is 0. The number of nitrogens with two attached hydrogens (primary N) is 1. The molecule has 3 N–H and O–H groups in total. The van der Waals surface area contributed by atoms with E-state index in [0.29, 0.717) is 17.5 Å². The Morgan fingerprint density at radius 3 is 2.61 bits per heavy atom. The third-order valence-corrected chi connectivity index (χ3v) is 6.93. The lowest BCUT2D eigenvalue weighted by atomic mass is 10.1. The molecule has 0 bridgehead atoms. The molecule has 3 amide bonds. The van der Waals surface area contributed by atoms with E-state index in [1.54, 1.807) is 40.1 Å². The first-order chi connectivity index (χ1) is 19.4. The standard InChI is InChI=1S/C30H38N4O7/c1-30(2,3)41-29(38)33-24(12-9-20(35)8-7-18-5-6-18)28(37)34-17-22(16-25(34)26(31)36)40-27-23-11-10-21(39-4)15-19(23)13-14-32-27/h7-8,10-11,13-15,18,22,24-25H,5-6,9,12,16-17H2,1-4H3,(H2,31,36)(H,33,38)/b8-7+/t22-,24+,25+/m1/s1. The van der Waals surface area contributed by atoms with Crippen LogP contribution in [-0.4, -0.2) is 71.0 Å². The van der Waals surface area contributed by atoms with E-state index >= 15 is 0 Å². The monoisotopic (exact) mass is 566 g/mol. The maximum Gasteiger partial charge on any atom is 0.408 e. The average Bonchev–Trinajstić information content (AvgIpc) is 3.65. The molecule has 2 fully saturated rings. The molecule has 2 aromatic rings. The number of carbonyl (C=O) groups is 4. The number of ketones is 1. The van der Waals surface area contributed by atoms with Gasteiger partial charge in [-0.25, -0.2) is 9.78 Å². The molecular weight excluding hydrogens is 528 g/mol. The highest BCUT2D eigenvalue weighted by molar-refractivity contribution is 5.93. The van der Waals surface area contributed by atoms with Crippen LogP contribution >= 0.6 is 0 Å². The van der Waals surface area contributed by atoms with Gasteiger partial charge in [0.2, 0.25) is 17.7 Å². The highest BCUT2D eigenvalue weighted by Gasteiger charge is 2.42. The van der Waals surface area contributed by atoms with E-state index in [0.717, 1.165) is 23.6 Å². The molecule has 0 radical (unpaired) electrons. The van der Waals surface area contributed by atoms with E-state index in [9.17, 15) is 19.2 Å². The van der Waals surface area contributed by atoms with Gasteiger partial charge in [-0.2, -0.15) is 0 Å². The number of hydrogen-bond donors (Lipinski definition) is 2. The molecule has 3 atom stereocenters. The number of fused-ring (bicyclic) bond motifs is 1. The molecule has 1 saturated carbocycles. The molecule has 11 nitrogen and oxygen atoms in total.